The van der Waals surface area contributed by atoms with Crippen LogP contribution in [0.4, 0.5) is 10.5 Å². The Labute approximate surface area is 193 Å². The van der Waals surface area contributed by atoms with Gasteiger partial charge in [0.25, 0.3) is 0 Å². The second kappa shape index (κ2) is 8.98. The molecule has 2 aliphatic rings. The molecule has 2 aliphatic heterocycles. The SMILES string of the molecule is CCN1C(=O)OCC1Cc1ccc(Oc2ccc(Cc3ccc4c(c3)CC(=O)N4)cc2)cc1. The van der Waals surface area contributed by atoms with E-state index in [1.165, 1.54) is 11.1 Å². The molecule has 1 atom stereocenters. The summed E-state index contributed by atoms with van der Waals surface area (Å²) >= 11 is 0. The number of fused-ring (bicyclic) bond motifs is 1. The van der Waals surface area contributed by atoms with E-state index in [0.717, 1.165) is 41.2 Å². The van der Waals surface area contributed by atoms with Crippen molar-refractivity contribution < 1.29 is 19.1 Å². The van der Waals surface area contributed by atoms with Crippen molar-refractivity contribution >= 4 is 17.7 Å². The average molecular weight is 443 g/mol. The van der Waals surface area contributed by atoms with Crippen LogP contribution < -0.4 is 10.1 Å². The highest BCUT2D eigenvalue weighted by Crippen LogP contribution is 2.27. The molecule has 3 aromatic carbocycles. The maximum atomic E-state index is 11.7. The third-order valence-electron chi connectivity index (χ3n) is 6.17. The number of cyclic esters (lactones) is 1. The van der Waals surface area contributed by atoms with E-state index in [0.29, 0.717) is 19.6 Å². The molecule has 0 radical (unpaired) electrons. The number of nitrogens with zero attached hydrogens (tertiary/aromatic N) is 1. The van der Waals surface area contributed by atoms with Gasteiger partial charge in [0.2, 0.25) is 5.91 Å². The van der Waals surface area contributed by atoms with Gasteiger partial charge in [0.15, 0.2) is 0 Å². The van der Waals surface area contributed by atoms with E-state index in [9.17, 15) is 9.59 Å². The van der Waals surface area contributed by atoms with Crippen LogP contribution in [0.1, 0.15) is 29.2 Å². The number of carbonyl (C=O) groups is 2. The summed E-state index contributed by atoms with van der Waals surface area (Å²) in [6.45, 7) is 3.06. The highest BCUT2D eigenvalue weighted by Gasteiger charge is 2.31. The zero-order chi connectivity index (χ0) is 22.8. The predicted molar refractivity (Wildman–Crippen MR) is 126 cm³/mol. The van der Waals surface area contributed by atoms with E-state index in [-0.39, 0.29) is 18.0 Å². The molecule has 5 rings (SSSR count). The van der Waals surface area contributed by atoms with Crippen molar-refractivity contribution in [2.24, 2.45) is 0 Å². The third-order valence-corrected chi connectivity index (χ3v) is 6.17. The topological polar surface area (TPSA) is 67.9 Å². The highest BCUT2D eigenvalue weighted by molar-refractivity contribution is 5.99. The second-order valence-electron chi connectivity index (χ2n) is 8.50. The number of ether oxygens (including phenoxy) is 2. The van der Waals surface area contributed by atoms with E-state index in [2.05, 4.69) is 29.6 Å². The molecular formula is C27H26N2O4. The molecule has 0 bridgehead atoms. The van der Waals surface area contributed by atoms with Crippen molar-refractivity contribution in [3.8, 4) is 11.5 Å². The molecule has 2 amide bonds. The molecule has 3 aromatic rings. The van der Waals surface area contributed by atoms with Crippen LogP contribution in [0.25, 0.3) is 0 Å². The second-order valence-corrected chi connectivity index (χ2v) is 8.50. The molecule has 1 unspecified atom stereocenters. The molecular weight excluding hydrogens is 416 g/mol. The number of carbonyl (C=O) groups excluding carboxylic acids is 2. The monoisotopic (exact) mass is 442 g/mol. The van der Waals surface area contributed by atoms with Crippen molar-refractivity contribution in [1.82, 2.24) is 4.90 Å². The number of anilines is 1. The van der Waals surface area contributed by atoms with Gasteiger partial charge in [-0.15, -0.1) is 0 Å². The normalized spacial score (nSPS) is 17.0. The van der Waals surface area contributed by atoms with E-state index < -0.39 is 0 Å². The summed E-state index contributed by atoms with van der Waals surface area (Å²) in [6.07, 6.45) is 1.80. The van der Waals surface area contributed by atoms with E-state index in [1.54, 1.807) is 4.90 Å². The molecule has 6 nitrogen and oxygen atoms in total. The van der Waals surface area contributed by atoms with Crippen LogP contribution in [0, 0.1) is 0 Å². The molecule has 168 valence electrons. The number of likely N-dealkylation sites (N-methyl/N-ethyl adjacent to an activating group) is 1. The first-order chi connectivity index (χ1) is 16.1. The van der Waals surface area contributed by atoms with Gasteiger partial charge in [-0.1, -0.05) is 36.4 Å². The van der Waals surface area contributed by atoms with E-state index in [4.69, 9.17) is 9.47 Å². The van der Waals surface area contributed by atoms with Crippen molar-refractivity contribution in [1.29, 1.82) is 0 Å². The summed E-state index contributed by atoms with van der Waals surface area (Å²) in [6, 6.07) is 22.3. The van der Waals surface area contributed by atoms with Gasteiger partial charge in [0.05, 0.1) is 12.5 Å². The zero-order valence-corrected chi connectivity index (χ0v) is 18.5. The Hall–Kier alpha value is -3.80. The maximum Gasteiger partial charge on any atom is 0.410 e. The van der Waals surface area contributed by atoms with Crippen LogP contribution in [0.5, 0.6) is 11.5 Å². The Morgan fingerprint density at radius 3 is 2.30 bits per heavy atom. The Morgan fingerprint density at radius 2 is 1.61 bits per heavy atom. The van der Waals surface area contributed by atoms with Gasteiger partial charge >= 0.3 is 6.09 Å². The molecule has 6 heteroatoms. The number of hydrogen-bond donors (Lipinski definition) is 1. The van der Waals surface area contributed by atoms with Crippen LogP contribution in [0.3, 0.4) is 0 Å². The first-order valence-corrected chi connectivity index (χ1v) is 11.3. The van der Waals surface area contributed by atoms with E-state index in [1.807, 2.05) is 49.4 Å². The smallest absolute Gasteiger partial charge is 0.410 e. The van der Waals surface area contributed by atoms with Crippen LogP contribution in [-0.4, -0.2) is 36.1 Å². The molecule has 0 saturated carbocycles. The van der Waals surface area contributed by atoms with Crippen LogP contribution in [0.2, 0.25) is 0 Å². The van der Waals surface area contributed by atoms with Crippen molar-refractivity contribution in [2.45, 2.75) is 32.2 Å². The van der Waals surface area contributed by atoms with Crippen molar-refractivity contribution in [3.05, 3.63) is 89.0 Å². The number of rotatable bonds is 7. The Kier molecular flexibility index (Phi) is 5.73. The van der Waals surface area contributed by atoms with Gasteiger partial charge in [0, 0.05) is 12.2 Å². The molecule has 2 heterocycles. The van der Waals surface area contributed by atoms with Gasteiger partial charge in [0.1, 0.15) is 18.1 Å². The van der Waals surface area contributed by atoms with Crippen LogP contribution in [-0.2, 0) is 28.8 Å². The first kappa shape index (κ1) is 21.1. The minimum Gasteiger partial charge on any atom is -0.457 e. The summed E-state index contributed by atoms with van der Waals surface area (Å²) in [5.41, 5.74) is 5.50. The summed E-state index contributed by atoms with van der Waals surface area (Å²) in [7, 11) is 0. The summed E-state index contributed by atoms with van der Waals surface area (Å²) in [4.78, 5) is 25.0. The predicted octanol–water partition coefficient (Wildman–Crippen LogP) is 4.95. The standard InChI is InChI=1S/C27H26N2O4/c1-2-29-22(17-32-27(29)31)15-19-5-10-24(11-6-19)33-23-8-3-18(4-9-23)13-20-7-12-25-21(14-20)16-26(30)28-25/h3-12,14,22H,2,13,15-17H2,1H3,(H,28,30). The van der Waals surface area contributed by atoms with Crippen LogP contribution in [0.15, 0.2) is 66.7 Å². The molecule has 1 N–H and O–H groups in total. The molecule has 0 aromatic heterocycles. The minimum absolute atomic E-state index is 0.0577. The van der Waals surface area contributed by atoms with Gasteiger partial charge in [-0.3, -0.25) is 4.79 Å². The minimum atomic E-state index is -0.228. The largest absolute Gasteiger partial charge is 0.457 e. The number of amides is 2. The fourth-order valence-electron chi connectivity index (χ4n) is 4.45. The summed E-state index contributed by atoms with van der Waals surface area (Å²) in [5.74, 6) is 1.61. The molecule has 0 aliphatic carbocycles. The fourth-order valence-corrected chi connectivity index (χ4v) is 4.45. The molecule has 1 saturated heterocycles. The quantitative estimate of drug-likeness (QED) is 0.562. The first-order valence-electron chi connectivity index (χ1n) is 11.3. The molecule has 33 heavy (non-hydrogen) atoms. The third kappa shape index (κ3) is 4.70. The van der Waals surface area contributed by atoms with Crippen LogP contribution >= 0.6 is 0 Å². The Bertz CT molecular complexity index is 1170. The Balaban J connectivity index is 1.18. The van der Waals surface area contributed by atoms with Gasteiger partial charge in [-0.2, -0.15) is 0 Å². The Morgan fingerprint density at radius 1 is 0.939 bits per heavy atom. The maximum absolute atomic E-state index is 11.7. The zero-order valence-electron chi connectivity index (χ0n) is 18.5. The summed E-state index contributed by atoms with van der Waals surface area (Å²) < 4.78 is 11.2. The van der Waals surface area contributed by atoms with E-state index >= 15 is 0 Å². The lowest BCUT2D eigenvalue weighted by atomic mass is 10.0. The highest BCUT2D eigenvalue weighted by atomic mass is 16.6. The lowest BCUT2D eigenvalue weighted by Crippen LogP contribution is -2.34. The average Bonchev–Trinajstić information content (AvgIpc) is 3.36. The van der Waals surface area contributed by atoms with Crippen molar-refractivity contribution in [2.75, 3.05) is 18.5 Å². The number of hydrogen-bond acceptors (Lipinski definition) is 4. The van der Waals surface area contributed by atoms with Gasteiger partial charge < -0.3 is 19.7 Å². The summed E-state index contributed by atoms with van der Waals surface area (Å²) in [5, 5.41) is 2.87. The number of benzene rings is 3. The lowest BCUT2D eigenvalue weighted by Gasteiger charge is -2.19. The number of nitrogens with one attached hydrogen (secondary N) is 1. The van der Waals surface area contributed by atoms with Gasteiger partial charge in [-0.05, 0) is 72.4 Å². The van der Waals surface area contributed by atoms with Gasteiger partial charge in [-0.25, -0.2) is 4.79 Å². The molecule has 0 spiro atoms. The molecule has 1 fully saturated rings. The van der Waals surface area contributed by atoms with Crippen molar-refractivity contribution in [3.63, 3.8) is 0 Å². The lowest BCUT2D eigenvalue weighted by molar-refractivity contribution is -0.115. The fraction of sp³-hybridized carbons (Fsp3) is 0.259.